The maximum atomic E-state index is 14.8. The van der Waals surface area contributed by atoms with Gasteiger partial charge in [0.15, 0.2) is 5.69 Å². The first-order valence-electron chi connectivity index (χ1n) is 13.0. The molecule has 2 fully saturated rings. The van der Waals surface area contributed by atoms with Gasteiger partial charge in [0, 0.05) is 37.2 Å². The van der Waals surface area contributed by atoms with Crippen LogP contribution in [0.25, 0.3) is 4.85 Å². The second-order valence-corrected chi connectivity index (χ2v) is 10.1. The van der Waals surface area contributed by atoms with Crippen molar-refractivity contribution < 1.29 is 27.6 Å². The molecule has 1 aliphatic heterocycles. The molecule has 1 N–H and O–H groups in total. The minimum Gasteiger partial charge on any atom is -0.351 e. The van der Waals surface area contributed by atoms with E-state index in [4.69, 9.17) is 6.57 Å². The molecule has 0 unspecified atom stereocenters. The summed E-state index contributed by atoms with van der Waals surface area (Å²) in [4.78, 5) is 50.9. The number of halogens is 3. The van der Waals surface area contributed by atoms with Crippen LogP contribution in [-0.4, -0.2) is 40.7 Å². The van der Waals surface area contributed by atoms with Crippen LogP contribution in [0.15, 0.2) is 66.9 Å². The van der Waals surface area contributed by atoms with Gasteiger partial charge < -0.3 is 5.32 Å². The molecule has 42 heavy (non-hydrogen) atoms. The van der Waals surface area contributed by atoms with E-state index in [0.29, 0.717) is 5.56 Å². The highest BCUT2D eigenvalue weighted by molar-refractivity contribution is 6.11. The lowest BCUT2D eigenvalue weighted by atomic mass is 9.87. The molecule has 0 radical (unpaired) electrons. The van der Waals surface area contributed by atoms with Gasteiger partial charge in [-0.25, -0.2) is 23.0 Å². The molecule has 1 saturated carbocycles. The van der Waals surface area contributed by atoms with Crippen LogP contribution >= 0.6 is 0 Å². The Hall–Kier alpha value is -5.23. The topological polar surface area (TPSA) is 111 Å². The second kappa shape index (κ2) is 11.3. The van der Waals surface area contributed by atoms with Crippen molar-refractivity contribution in [3.05, 3.63) is 95.2 Å². The fourth-order valence-corrected chi connectivity index (χ4v) is 5.25. The Morgan fingerprint density at radius 2 is 1.90 bits per heavy atom. The van der Waals surface area contributed by atoms with Crippen LogP contribution in [0.5, 0.6) is 0 Å². The van der Waals surface area contributed by atoms with Gasteiger partial charge in [0.25, 0.3) is 11.8 Å². The number of benzene rings is 2. The highest BCUT2D eigenvalue weighted by Crippen LogP contribution is 2.39. The molecule has 2 atom stereocenters. The summed E-state index contributed by atoms with van der Waals surface area (Å²) in [5.74, 6) is -5.73. The Morgan fingerprint density at radius 1 is 1.17 bits per heavy atom. The zero-order chi connectivity index (χ0) is 30.0. The summed E-state index contributed by atoms with van der Waals surface area (Å²) in [6.07, 6.45) is 0.166. The highest BCUT2D eigenvalue weighted by Gasteiger charge is 2.48. The van der Waals surface area contributed by atoms with Crippen LogP contribution in [0.4, 0.5) is 30.4 Å². The fourth-order valence-electron chi connectivity index (χ4n) is 5.25. The molecular weight excluding hydrogens is 549 g/mol. The quantitative estimate of drug-likeness (QED) is 0.408. The number of amides is 3. The summed E-state index contributed by atoms with van der Waals surface area (Å²) in [7, 11) is 0. The third-order valence-electron chi connectivity index (χ3n) is 7.19. The van der Waals surface area contributed by atoms with E-state index in [9.17, 15) is 32.8 Å². The standard InChI is InChI=1S/C30H23F3N6O3/c1-35-21-12-20(31)13-23(14-21)38(27(19-5-3-2-4-6-19)28(41)37-22-15-30(32,33)16-22)29(42)24-7-8-26(40)39(24)25-11-18(17-34)9-10-36-25/h2-6,9-14,22,24,27H,7-8,15-16H2,(H,37,41)/t24-,27-/m0/s1. The van der Waals surface area contributed by atoms with Crippen molar-refractivity contribution in [2.75, 3.05) is 9.80 Å². The molecule has 1 aliphatic carbocycles. The zero-order valence-electron chi connectivity index (χ0n) is 22.0. The number of rotatable bonds is 7. The predicted molar refractivity (Wildman–Crippen MR) is 145 cm³/mol. The zero-order valence-corrected chi connectivity index (χ0v) is 22.0. The van der Waals surface area contributed by atoms with Crippen molar-refractivity contribution in [3.63, 3.8) is 0 Å². The molecule has 2 aliphatic rings. The van der Waals surface area contributed by atoms with Crippen LogP contribution in [0.3, 0.4) is 0 Å². The van der Waals surface area contributed by atoms with Gasteiger partial charge in [-0.1, -0.05) is 30.3 Å². The second-order valence-electron chi connectivity index (χ2n) is 10.1. The van der Waals surface area contributed by atoms with Gasteiger partial charge in [-0.2, -0.15) is 5.26 Å². The lowest BCUT2D eigenvalue weighted by Crippen LogP contribution is -2.56. The van der Waals surface area contributed by atoms with Crippen LogP contribution < -0.4 is 15.1 Å². The van der Waals surface area contributed by atoms with Gasteiger partial charge in [0.05, 0.1) is 18.2 Å². The van der Waals surface area contributed by atoms with Gasteiger partial charge in [-0.3, -0.25) is 24.2 Å². The van der Waals surface area contributed by atoms with Crippen LogP contribution in [0.1, 0.15) is 42.9 Å². The van der Waals surface area contributed by atoms with E-state index in [0.717, 1.165) is 21.9 Å². The summed E-state index contributed by atoms with van der Waals surface area (Å²) < 4.78 is 41.9. The van der Waals surface area contributed by atoms with E-state index in [1.54, 1.807) is 30.3 Å². The average Bonchev–Trinajstić information content (AvgIpc) is 3.35. The maximum absolute atomic E-state index is 14.8. The van der Waals surface area contributed by atoms with Crippen molar-refractivity contribution in [2.45, 2.75) is 49.7 Å². The SMILES string of the molecule is [C-]#[N+]c1cc(F)cc(N(C(=O)[C@@H]2CCC(=O)N2c2cc(C#N)ccn2)[C@H](C(=O)NC2CC(F)(F)C2)c2ccccc2)c1. The van der Waals surface area contributed by atoms with Crippen molar-refractivity contribution in [3.8, 4) is 6.07 Å². The van der Waals surface area contributed by atoms with Crippen LogP contribution in [0.2, 0.25) is 0 Å². The molecule has 9 nitrogen and oxygen atoms in total. The first-order valence-corrected chi connectivity index (χ1v) is 13.0. The number of nitrogens with zero attached hydrogens (tertiary/aromatic N) is 5. The predicted octanol–water partition coefficient (Wildman–Crippen LogP) is 4.83. The van der Waals surface area contributed by atoms with Crippen molar-refractivity contribution >= 4 is 34.9 Å². The molecule has 1 aromatic heterocycles. The summed E-state index contributed by atoms with van der Waals surface area (Å²) in [5, 5.41) is 11.9. The van der Waals surface area contributed by atoms with Gasteiger partial charge >= 0.3 is 0 Å². The number of alkyl halides is 2. The number of pyridine rings is 1. The molecule has 2 aromatic carbocycles. The molecular formula is C30H23F3N6O3. The number of hydrogen-bond acceptors (Lipinski definition) is 5. The molecule has 0 bridgehead atoms. The van der Waals surface area contributed by atoms with Crippen LogP contribution in [0, 0.1) is 23.7 Å². The van der Waals surface area contributed by atoms with E-state index >= 15 is 0 Å². The Morgan fingerprint density at radius 3 is 2.57 bits per heavy atom. The summed E-state index contributed by atoms with van der Waals surface area (Å²) in [5.41, 5.74) is 0.223. The maximum Gasteiger partial charge on any atom is 0.252 e. The van der Waals surface area contributed by atoms with Gasteiger partial charge in [-0.05, 0) is 42.3 Å². The van der Waals surface area contributed by atoms with Crippen LogP contribution in [-0.2, 0) is 14.4 Å². The minimum atomic E-state index is -2.92. The van der Waals surface area contributed by atoms with E-state index in [2.05, 4.69) is 15.1 Å². The smallest absolute Gasteiger partial charge is 0.252 e. The Kier molecular flexibility index (Phi) is 7.64. The largest absolute Gasteiger partial charge is 0.351 e. The molecule has 3 aromatic rings. The average molecular weight is 573 g/mol. The Balaban J connectivity index is 1.62. The summed E-state index contributed by atoms with van der Waals surface area (Å²) in [6, 6.07) is 12.5. The molecule has 1 saturated heterocycles. The molecule has 5 rings (SSSR count). The minimum absolute atomic E-state index is 0.0234. The number of nitrogens with one attached hydrogen (secondary N) is 1. The highest BCUT2D eigenvalue weighted by atomic mass is 19.3. The fraction of sp³-hybridized carbons (Fsp3) is 0.267. The molecule has 0 spiro atoms. The summed E-state index contributed by atoms with van der Waals surface area (Å²) in [6.45, 7) is 7.40. The number of hydrogen-bond donors (Lipinski definition) is 1. The van der Waals surface area contributed by atoms with Crippen molar-refractivity contribution in [1.29, 1.82) is 5.26 Å². The third-order valence-corrected chi connectivity index (χ3v) is 7.19. The summed E-state index contributed by atoms with van der Waals surface area (Å²) >= 11 is 0. The van der Waals surface area contributed by atoms with E-state index in [1.165, 1.54) is 24.4 Å². The molecule has 3 amide bonds. The number of anilines is 2. The van der Waals surface area contributed by atoms with E-state index in [-0.39, 0.29) is 35.6 Å². The molecule has 2 heterocycles. The van der Waals surface area contributed by atoms with Gasteiger partial charge in [0.1, 0.15) is 23.7 Å². The van der Waals surface area contributed by atoms with Crippen molar-refractivity contribution in [2.24, 2.45) is 0 Å². The van der Waals surface area contributed by atoms with Crippen molar-refractivity contribution in [1.82, 2.24) is 10.3 Å². The number of carbonyl (C=O) groups is 3. The van der Waals surface area contributed by atoms with E-state index < -0.39 is 60.4 Å². The number of carbonyl (C=O) groups excluding carboxylic acids is 3. The van der Waals surface area contributed by atoms with E-state index in [1.807, 2.05) is 6.07 Å². The monoisotopic (exact) mass is 572 g/mol. The number of aromatic nitrogens is 1. The first-order chi connectivity index (χ1) is 20.1. The van der Waals surface area contributed by atoms with Gasteiger partial charge in [0.2, 0.25) is 11.8 Å². The lowest BCUT2D eigenvalue weighted by Gasteiger charge is -2.39. The Bertz CT molecular complexity index is 1630. The third kappa shape index (κ3) is 5.65. The Labute approximate surface area is 239 Å². The lowest BCUT2D eigenvalue weighted by molar-refractivity contribution is -0.133. The molecule has 12 heteroatoms. The van der Waals surface area contributed by atoms with Gasteiger partial charge in [-0.15, -0.1) is 0 Å². The first kappa shape index (κ1) is 28.3. The normalized spacial score (nSPS) is 18.4. The molecule has 212 valence electrons. The number of nitriles is 1.